The number of rotatable bonds is 6. The van der Waals surface area contributed by atoms with Gasteiger partial charge in [0, 0.05) is 12.0 Å². The second kappa shape index (κ2) is 5.96. The van der Waals surface area contributed by atoms with E-state index in [-0.39, 0.29) is 23.6 Å². The highest BCUT2D eigenvalue weighted by Gasteiger charge is 2.35. The van der Waals surface area contributed by atoms with Crippen molar-refractivity contribution in [2.24, 2.45) is 11.1 Å². The number of ether oxygens (including phenoxy) is 1. The first-order valence-corrected chi connectivity index (χ1v) is 6.13. The first-order valence-electron chi connectivity index (χ1n) is 6.13. The molecule has 0 aliphatic heterocycles. The van der Waals surface area contributed by atoms with E-state index in [1.165, 1.54) is 19.2 Å². The van der Waals surface area contributed by atoms with E-state index in [1.807, 2.05) is 13.8 Å². The van der Waals surface area contributed by atoms with E-state index in [9.17, 15) is 9.18 Å². The lowest BCUT2D eigenvalue weighted by Gasteiger charge is -2.28. The molecule has 0 aliphatic carbocycles. The maximum absolute atomic E-state index is 14.1. The normalized spacial score (nSPS) is 11.4. The number of hydrogen-bond donors (Lipinski definition) is 1. The summed E-state index contributed by atoms with van der Waals surface area (Å²) in [6.45, 7) is 4.01. The Morgan fingerprint density at radius 1 is 1.39 bits per heavy atom. The number of halogens is 1. The number of carbonyl (C=O) groups is 1. The Morgan fingerprint density at radius 3 is 2.44 bits per heavy atom. The maximum Gasteiger partial charge on any atom is 0.175 e. The van der Waals surface area contributed by atoms with Gasteiger partial charge in [-0.2, -0.15) is 0 Å². The van der Waals surface area contributed by atoms with Gasteiger partial charge in [0.1, 0.15) is 0 Å². The van der Waals surface area contributed by atoms with E-state index < -0.39 is 11.2 Å². The van der Waals surface area contributed by atoms with E-state index >= 15 is 0 Å². The first kappa shape index (κ1) is 14.6. The molecule has 0 amide bonds. The Bertz CT molecular complexity index is 420. The molecule has 0 saturated heterocycles. The van der Waals surface area contributed by atoms with Crippen molar-refractivity contribution in [1.29, 1.82) is 0 Å². The van der Waals surface area contributed by atoms with Crippen molar-refractivity contribution in [3.63, 3.8) is 0 Å². The van der Waals surface area contributed by atoms with Crippen LogP contribution >= 0.6 is 0 Å². The molecule has 0 spiro atoms. The van der Waals surface area contributed by atoms with Crippen LogP contribution < -0.4 is 10.5 Å². The highest BCUT2D eigenvalue weighted by atomic mass is 19.1. The fourth-order valence-corrected chi connectivity index (χ4v) is 2.08. The number of carbonyl (C=O) groups excluding carboxylic acids is 1. The molecule has 0 bridgehead atoms. The molecule has 0 aromatic heterocycles. The van der Waals surface area contributed by atoms with Gasteiger partial charge in [0.25, 0.3) is 0 Å². The van der Waals surface area contributed by atoms with Gasteiger partial charge in [-0.1, -0.05) is 19.9 Å². The topological polar surface area (TPSA) is 52.3 Å². The Labute approximate surface area is 107 Å². The van der Waals surface area contributed by atoms with Crippen LogP contribution in [0.3, 0.4) is 0 Å². The average Bonchev–Trinajstić information content (AvgIpc) is 2.41. The smallest absolute Gasteiger partial charge is 0.175 e. The van der Waals surface area contributed by atoms with Crippen molar-refractivity contribution in [2.75, 3.05) is 13.7 Å². The summed E-state index contributed by atoms with van der Waals surface area (Å²) in [4.78, 5) is 12.5. The van der Waals surface area contributed by atoms with Crippen molar-refractivity contribution < 1.29 is 13.9 Å². The third-order valence-electron chi connectivity index (χ3n) is 3.65. The molecule has 0 heterocycles. The lowest BCUT2D eigenvalue weighted by atomic mass is 9.76. The molecule has 18 heavy (non-hydrogen) atoms. The highest BCUT2D eigenvalue weighted by molar-refractivity contribution is 6.01. The molecule has 0 saturated carbocycles. The molecule has 0 fully saturated rings. The van der Waals surface area contributed by atoms with Gasteiger partial charge < -0.3 is 10.5 Å². The molecular formula is C14H20FNO2. The first-order chi connectivity index (χ1) is 8.56. The van der Waals surface area contributed by atoms with Crippen LogP contribution in [0.1, 0.15) is 37.0 Å². The van der Waals surface area contributed by atoms with E-state index in [4.69, 9.17) is 10.5 Å². The molecule has 100 valence electrons. The van der Waals surface area contributed by atoms with E-state index in [0.29, 0.717) is 12.8 Å². The standard InChI is InChI=1S/C14H20FNO2/c1-4-14(5-2,9-16)13(17)10-7-6-8-11(18-3)12(10)15/h6-8H,4-5,9,16H2,1-3H3. The molecule has 1 rings (SSSR count). The monoisotopic (exact) mass is 253 g/mol. The minimum Gasteiger partial charge on any atom is -0.494 e. The van der Waals surface area contributed by atoms with Crippen LogP contribution in [0.2, 0.25) is 0 Å². The van der Waals surface area contributed by atoms with Crippen molar-refractivity contribution in [3.8, 4) is 5.75 Å². The Hall–Kier alpha value is -1.42. The molecule has 4 heteroatoms. The van der Waals surface area contributed by atoms with Gasteiger partial charge in [-0.3, -0.25) is 4.79 Å². The van der Waals surface area contributed by atoms with Crippen LogP contribution in [-0.4, -0.2) is 19.4 Å². The molecule has 0 unspecified atom stereocenters. The largest absolute Gasteiger partial charge is 0.494 e. The maximum atomic E-state index is 14.1. The van der Waals surface area contributed by atoms with Crippen molar-refractivity contribution in [3.05, 3.63) is 29.6 Å². The summed E-state index contributed by atoms with van der Waals surface area (Å²) in [7, 11) is 1.38. The Morgan fingerprint density at radius 2 is 2.00 bits per heavy atom. The summed E-state index contributed by atoms with van der Waals surface area (Å²) in [5.74, 6) is -0.768. The Kier molecular flexibility index (Phi) is 4.84. The van der Waals surface area contributed by atoms with Gasteiger partial charge in [0.05, 0.1) is 12.7 Å². The van der Waals surface area contributed by atoms with E-state index in [2.05, 4.69) is 0 Å². The second-order valence-electron chi connectivity index (χ2n) is 4.34. The number of hydrogen-bond acceptors (Lipinski definition) is 3. The van der Waals surface area contributed by atoms with Crippen LogP contribution in [0.15, 0.2) is 18.2 Å². The quantitative estimate of drug-likeness (QED) is 0.793. The average molecular weight is 253 g/mol. The molecule has 0 aliphatic rings. The number of methoxy groups -OCH3 is 1. The van der Waals surface area contributed by atoms with Crippen LogP contribution in [0.5, 0.6) is 5.75 Å². The number of benzene rings is 1. The lowest BCUT2D eigenvalue weighted by Crippen LogP contribution is -2.38. The molecule has 3 nitrogen and oxygen atoms in total. The SMILES string of the molecule is CCC(CC)(CN)C(=O)c1cccc(OC)c1F. The zero-order valence-corrected chi connectivity index (χ0v) is 11.1. The van der Waals surface area contributed by atoms with Gasteiger partial charge >= 0.3 is 0 Å². The van der Waals surface area contributed by atoms with Crippen LogP contribution in [0, 0.1) is 11.2 Å². The summed E-state index contributed by atoms with van der Waals surface area (Å²) in [6, 6.07) is 4.59. The summed E-state index contributed by atoms with van der Waals surface area (Å²) in [6.07, 6.45) is 1.19. The third kappa shape index (κ3) is 2.38. The van der Waals surface area contributed by atoms with Gasteiger partial charge in [-0.25, -0.2) is 4.39 Å². The summed E-state index contributed by atoms with van der Waals surface area (Å²) >= 11 is 0. The van der Waals surface area contributed by atoms with Crippen LogP contribution in [0.4, 0.5) is 4.39 Å². The fourth-order valence-electron chi connectivity index (χ4n) is 2.08. The fraction of sp³-hybridized carbons (Fsp3) is 0.500. The molecular weight excluding hydrogens is 233 g/mol. The zero-order valence-electron chi connectivity index (χ0n) is 11.1. The van der Waals surface area contributed by atoms with E-state index in [1.54, 1.807) is 6.07 Å². The second-order valence-corrected chi connectivity index (χ2v) is 4.34. The number of nitrogens with two attached hydrogens (primary N) is 1. The number of Topliss-reactive ketones (excluding diaryl/α,β-unsaturated/α-hetero) is 1. The summed E-state index contributed by atoms with van der Waals surface area (Å²) in [5, 5.41) is 0. The highest BCUT2D eigenvalue weighted by Crippen LogP contribution is 2.32. The van der Waals surface area contributed by atoms with Gasteiger partial charge in [0.2, 0.25) is 0 Å². The molecule has 0 atom stereocenters. The third-order valence-corrected chi connectivity index (χ3v) is 3.65. The molecule has 1 aromatic carbocycles. The van der Waals surface area contributed by atoms with Crippen LogP contribution in [0.25, 0.3) is 0 Å². The predicted molar refractivity (Wildman–Crippen MR) is 69.4 cm³/mol. The Balaban J connectivity index is 3.25. The van der Waals surface area contributed by atoms with Gasteiger partial charge in [-0.05, 0) is 25.0 Å². The van der Waals surface area contributed by atoms with Crippen molar-refractivity contribution in [2.45, 2.75) is 26.7 Å². The van der Waals surface area contributed by atoms with Gasteiger partial charge in [0.15, 0.2) is 17.3 Å². The lowest BCUT2D eigenvalue weighted by molar-refractivity contribution is 0.0782. The molecule has 0 radical (unpaired) electrons. The number of ketones is 1. The molecule has 1 aromatic rings. The van der Waals surface area contributed by atoms with E-state index in [0.717, 1.165) is 0 Å². The predicted octanol–water partition coefficient (Wildman–Crippen LogP) is 2.78. The van der Waals surface area contributed by atoms with Crippen LogP contribution in [-0.2, 0) is 0 Å². The minimum absolute atomic E-state index is 0.0588. The zero-order chi connectivity index (χ0) is 13.8. The van der Waals surface area contributed by atoms with Gasteiger partial charge in [-0.15, -0.1) is 0 Å². The summed E-state index contributed by atoms with van der Waals surface area (Å²) in [5.41, 5.74) is 5.08. The summed E-state index contributed by atoms with van der Waals surface area (Å²) < 4.78 is 19.0. The molecule has 2 N–H and O–H groups in total. The van der Waals surface area contributed by atoms with Crippen molar-refractivity contribution >= 4 is 5.78 Å². The minimum atomic E-state index is -0.687. The van der Waals surface area contributed by atoms with Crippen molar-refractivity contribution in [1.82, 2.24) is 0 Å².